The maximum absolute atomic E-state index is 13.2. The number of hydrogen-bond donors (Lipinski definition) is 1. The molecule has 0 aliphatic carbocycles. The van der Waals surface area contributed by atoms with Crippen LogP contribution in [0.25, 0.3) is 0 Å². The molecule has 1 N–H and O–H groups in total. The van der Waals surface area contributed by atoms with Crippen LogP contribution in [0.15, 0.2) is 41.0 Å². The molecule has 2 nitrogen and oxygen atoms in total. The molecule has 0 amide bonds. The standard InChI is InChI=1S/C15H17ClFNO/c1-11(4-5-15-3-2-6-19-15)18-10-12-7-13(16)9-14(17)8-12/h2-3,6-9,11,18H,4-5,10H2,1H3. The lowest BCUT2D eigenvalue weighted by molar-refractivity contribution is 0.459. The van der Waals surface area contributed by atoms with E-state index in [2.05, 4.69) is 12.2 Å². The summed E-state index contributed by atoms with van der Waals surface area (Å²) in [6.07, 6.45) is 3.55. The monoisotopic (exact) mass is 281 g/mol. The van der Waals surface area contributed by atoms with Crippen LogP contribution in [0.4, 0.5) is 4.39 Å². The lowest BCUT2D eigenvalue weighted by Gasteiger charge is -2.13. The Morgan fingerprint density at radius 1 is 1.37 bits per heavy atom. The fourth-order valence-corrected chi connectivity index (χ4v) is 2.17. The molecular formula is C15H17ClFNO. The van der Waals surface area contributed by atoms with Crippen LogP contribution < -0.4 is 5.32 Å². The minimum atomic E-state index is -0.299. The molecule has 0 bridgehead atoms. The van der Waals surface area contributed by atoms with Gasteiger partial charge in [0.1, 0.15) is 11.6 Å². The Bertz CT molecular complexity index is 493. The summed E-state index contributed by atoms with van der Waals surface area (Å²) in [4.78, 5) is 0. The zero-order chi connectivity index (χ0) is 13.7. The molecule has 1 aromatic carbocycles. The molecule has 0 fully saturated rings. The van der Waals surface area contributed by atoms with E-state index < -0.39 is 0 Å². The first-order valence-corrected chi connectivity index (χ1v) is 6.72. The van der Waals surface area contributed by atoms with Crippen LogP contribution in [0.5, 0.6) is 0 Å². The van der Waals surface area contributed by atoms with E-state index >= 15 is 0 Å². The van der Waals surface area contributed by atoms with Crippen molar-refractivity contribution in [3.8, 4) is 0 Å². The first-order chi connectivity index (χ1) is 9.13. The largest absolute Gasteiger partial charge is 0.469 e. The average Bonchev–Trinajstić information content (AvgIpc) is 2.86. The zero-order valence-electron chi connectivity index (χ0n) is 10.8. The lowest BCUT2D eigenvalue weighted by Crippen LogP contribution is -2.26. The molecule has 1 unspecified atom stereocenters. The van der Waals surface area contributed by atoms with Gasteiger partial charge in [-0.25, -0.2) is 4.39 Å². The maximum atomic E-state index is 13.2. The summed E-state index contributed by atoms with van der Waals surface area (Å²) in [6, 6.07) is 8.77. The highest BCUT2D eigenvalue weighted by Crippen LogP contribution is 2.14. The first kappa shape index (κ1) is 14.1. The molecule has 0 saturated carbocycles. The Balaban J connectivity index is 1.78. The van der Waals surface area contributed by atoms with Gasteiger partial charge in [0, 0.05) is 24.0 Å². The smallest absolute Gasteiger partial charge is 0.125 e. The van der Waals surface area contributed by atoms with Crippen LogP contribution in [-0.4, -0.2) is 6.04 Å². The van der Waals surface area contributed by atoms with Gasteiger partial charge >= 0.3 is 0 Å². The molecular weight excluding hydrogens is 265 g/mol. The number of rotatable bonds is 6. The van der Waals surface area contributed by atoms with Crippen LogP contribution in [0.3, 0.4) is 0 Å². The molecule has 1 atom stereocenters. The average molecular weight is 282 g/mol. The summed E-state index contributed by atoms with van der Waals surface area (Å²) < 4.78 is 18.4. The van der Waals surface area contributed by atoms with Crippen LogP contribution in [0, 0.1) is 5.82 Å². The topological polar surface area (TPSA) is 25.2 Å². The third-order valence-corrected chi connectivity index (χ3v) is 3.20. The predicted molar refractivity (Wildman–Crippen MR) is 74.7 cm³/mol. The van der Waals surface area contributed by atoms with Crippen molar-refractivity contribution in [1.82, 2.24) is 5.32 Å². The highest BCUT2D eigenvalue weighted by Gasteiger charge is 2.05. The minimum Gasteiger partial charge on any atom is -0.469 e. The minimum absolute atomic E-state index is 0.299. The molecule has 102 valence electrons. The van der Waals surface area contributed by atoms with E-state index in [4.69, 9.17) is 16.0 Å². The number of hydrogen-bond acceptors (Lipinski definition) is 2. The second kappa shape index (κ2) is 6.73. The SMILES string of the molecule is CC(CCc1ccco1)NCc1cc(F)cc(Cl)c1. The predicted octanol–water partition coefficient (Wildman–Crippen LogP) is 4.18. The van der Waals surface area contributed by atoms with Crippen LogP contribution >= 0.6 is 11.6 Å². The van der Waals surface area contributed by atoms with E-state index in [1.54, 1.807) is 12.3 Å². The molecule has 2 aromatic rings. The Morgan fingerprint density at radius 2 is 2.21 bits per heavy atom. The zero-order valence-corrected chi connectivity index (χ0v) is 11.6. The summed E-state index contributed by atoms with van der Waals surface area (Å²) in [7, 11) is 0. The van der Waals surface area contributed by atoms with E-state index in [1.165, 1.54) is 12.1 Å². The molecule has 19 heavy (non-hydrogen) atoms. The van der Waals surface area contributed by atoms with Gasteiger partial charge in [0.15, 0.2) is 0 Å². The number of halogens is 2. The molecule has 0 spiro atoms. The molecule has 0 saturated heterocycles. The van der Waals surface area contributed by atoms with Crippen molar-refractivity contribution in [2.24, 2.45) is 0 Å². The van der Waals surface area contributed by atoms with Crippen molar-refractivity contribution in [2.45, 2.75) is 32.4 Å². The molecule has 1 heterocycles. The molecule has 0 aliphatic rings. The maximum Gasteiger partial charge on any atom is 0.125 e. The third-order valence-electron chi connectivity index (χ3n) is 2.98. The summed E-state index contributed by atoms with van der Waals surface area (Å²) in [5.74, 6) is 0.690. The molecule has 0 radical (unpaired) electrons. The van der Waals surface area contributed by atoms with Crippen molar-refractivity contribution in [2.75, 3.05) is 0 Å². The highest BCUT2D eigenvalue weighted by atomic mass is 35.5. The van der Waals surface area contributed by atoms with E-state index in [-0.39, 0.29) is 5.82 Å². The van der Waals surface area contributed by atoms with E-state index in [1.807, 2.05) is 12.1 Å². The fraction of sp³-hybridized carbons (Fsp3) is 0.333. The Kier molecular flexibility index (Phi) is 5.00. The van der Waals surface area contributed by atoms with Crippen molar-refractivity contribution >= 4 is 11.6 Å². The summed E-state index contributed by atoms with van der Waals surface area (Å²) in [5, 5.41) is 3.78. The quantitative estimate of drug-likeness (QED) is 0.859. The molecule has 2 rings (SSSR count). The van der Waals surface area contributed by atoms with Crippen molar-refractivity contribution in [3.63, 3.8) is 0 Å². The molecule has 1 aromatic heterocycles. The van der Waals surface area contributed by atoms with Gasteiger partial charge in [-0.05, 0) is 49.2 Å². The van der Waals surface area contributed by atoms with Gasteiger partial charge in [-0.1, -0.05) is 11.6 Å². The lowest BCUT2D eigenvalue weighted by atomic mass is 10.1. The normalized spacial score (nSPS) is 12.6. The van der Waals surface area contributed by atoms with Crippen molar-refractivity contribution in [1.29, 1.82) is 0 Å². The second-order valence-electron chi connectivity index (χ2n) is 4.68. The van der Waals surface area contributed by atoms with Gasteiger partial charge in [0.05, 0.1) is 6.26 Å². The Morgan fingerprint density at radius 3 is 2.89 bits per heavy atom. The van der Waals surface area contributed by atoms with Crippen molar-refractivity contribution in [3.05, 3.63) is 58.8 Å². The van der Waals surface area contributed by atoms with Gasteiger partial charge < -0.3 is 9.73 Å². The number of nitrogens with one attached hydrogen (secondary N) is 1. The van der Waals surface area contributed by atoms with Gasteiger partial charge in [-0.15, -0.1) is 0 Å². The second-order valence-corrected chi connectivity index (χ2v) is 5.11. The van der Waals surface area contributed by atoms with Crippen LogP contribution in [0.2, 0.25) is 5.02 Å². The Hall–Kier alpha value is -1.32. The highest BCUT2D eigenvalue weighted by molar-refractivity contribution is 6.30. The number of benzene rings is 1. The van der Waals surface area contributed by atoms with E-state index in [0.717, 1.165) is 24.2 Å². The van der Waals surface area contributed by atoms with Gasteiger partial charge in [0.2, 0.25) is 0 Å². The Labute approximate surface area is 117 Å². The number of furan rings is 1. The molecule has 0 aliphatic heterocycles. The van der Waals surface area contributed by atoms with Gasteiger partial charge in [0.25, 0.3) is 0 Å². The first-order valence-electron chi connectivity index (χ1n) is 6.34. The van der Waals surface area contributed by atoms with E-state index in [9.17, 15) is 4.39 Å². The fourth-order valence-electron chi connectivity index (χ4n) is 1.92. The molecule has 4 heteroatoms. The van der Waals surface area contributed by atoms with Gasteiger partial charge in [-0.3, -0.25) is 0 Å². The van der Waals surface area contributed by atoms with Crippen LogP contribution in [-0.2, 0) is 13.0 Å². The summed E-state index contributed by atoms with van der Waals surface area (Å²) in [6.45, 7) is 2.71. The van der Waals surface area contributed by atoms with Gasteiger partial charge in [-0.2, -0.15) is 0 Å². The summed E-state index contributed by atoms with van der Waals surface area (Å²) in [5.41, 5.74) is 0.856. The summed E-state index contributed by atoms with van der Waals surface area (Å²) >= 11 is 5.81. The van der Waals surface area contributed by atoms with Crippen LogP contribution in [0.1, 0.15) is 24.7 Å². The van der Waals surface area contributed by atoms with E-state index in [0.29, 0.717) is 17.6 Å². The number of aryl methyl sites for hydroxylation is 1. The third kappa shape index (κ3) is 4.69. The van der Waals surface area contributed by atoms with Crippen molar-refractivity contribution < 1.29 is 8.81 Å².